The van der Waals surface area contributed by atoms with Gasteiger partial charge in [-0.3, -0.25) is 4.90 Å². The third-order valence-corrected chi connectivity index (χ3v) is 2.32. The maximum Gasteiger partial charge on any atom is 0.140 e. The van der Waals surface area contributed by atoms with Gasteiger partial charge in [-0.2, -0.15) is 5.10 Å². The van der Waals surface area contributed by atoms with E-state index in [1.807, 2.05) is 11.6 Å². The highest BCUT2D eigenvalue weighted by atomic mass is 16.3. The van der Waals surface area contributed by atoms with Crippen molar-refractivity contribution in [2.24, 2.45) is 0 Å². The molecule has 5 nitrogen and oxygen atoms in total. The van der Waals surface area contributed by atoms with Crippen LogP contribution in [-0.4, -0.2) is 44.5 Å². The van der Waals surface area contributed by atoms with Gasteiger partial charge in [0.15, 0.2) is 0 Å². The zero-order chi connectivity index (χ0) is 11.1. The molecule has 0 radical (unpaired) electrons. The van der Waals surface area contributed by atoms with Gasteiger partial charge in [0.1, 0.15) is 12.2 Å². The maximum atomic E-state index is 8.93. The summed E-state index contributed by atoms with van der Waals surface area (Å²) in [5, 5.41) is 13.1. The first-order valence-electron chi connectivity index (χ1n) is 5.51. The Kier molecular flexibility index (Phi) is 5.28. The molecule has 0 aliphatic carbocycles. The number of aliphatic hydroxyl groups excluding tert-OH is 1. The van der Waals surface area contributed by atoms with Crippen LogP contribution in [0, 0.1) is 0 Å². The van der Waals surface area contributed by atoms with Crippen molar-refractivity contribution < 1.29 is 5.11 Å². The fraction of sp³-hybridized carbons (Fsp3) is 0.800. The molecule has 0 saturated heterocycles. The summed E-state index contributed by atoms with van der Waals surface area (Å²) in [6, 6.07) is 0. The molecule has 86 valence electrons. The molecule has 0 bridgehead atoms. The summed E-state index contributed by atoms with van der Waals surface area (Å²) in [5.74, 6) is 0.972. The highest BCUT2D eigenvalue weighted by Gasteiger charge is 2.08. The zero-order valence-electron chi connectivity index (χ0n) is 9.56. The van der Waals surface area contributed by atoms with Gasteiger partial charge in [0.2, 0.25) is 0 Å². The van der Waals surface area contributed by atoms with E-state index in [1.54, 1.807) is 6.33 Å². The summed E-state index contributed by atoms with van der Waals surface area (Å²) >= 11 is 0. The van der Waals surface area contributed by atoms with E-state index in [9.17, 15) is 0 Å². The fourth-order valence-electron chi connectivity index (χ4n) is 1.60. The second-order valence-electron chi connectivity index (χ2n) is 3.49. The van der Waals surface area contributed by atoms with Crippen LogP contribution in [0.4, 0.5) is 0 Å². The molecule has 1 aromatic rings. The third kappa shape index (κ3) is 3.60. The van der Waals surface area contributed by atoms with Crippen LogP contribution in [0.2, 0.25) is 0 Å². The van der Waals surface area contributed by atoms with Gasteiger partial charge in [-0.05, 0) is 19.9 Å². The monoisotopic (exact) mass is 212 g/mol. The average Bonchev–Trinajstić information content (AvgIpc) is 2.66. The SMILES string of the molecule is CCCN(CCO)Cc1ncnn1CC. The number of hydrogen-bond donors (Lipinski definition) is 1. The van der Waals surface area contributed by atoms with E-state index in [-0.39, 0.29) is 6.61 Å². The van der Waals surface area contributed by atoms with Gasteiger partial charge >= 0.3 is 0 Å². The summed E-state index contributed by atoms with van der Waals surface area (Å²) in [6.07, 6.45) is 2.67. The Morgan fingerprint density at radius 3 is 2.80 bits per heavy atom. The van der Waals surface area contributed by atoms with E-state index in [0.717, 1.165) is 31.9 Å². The number of aliphatic hydroxyl groups is 1. The van der Waals surface area contributed by atoms with Crippen molar-refractivity contribution in [1.29, 1.82) is 0 Å². The third-order valence-electron chi connectivity index (χ3n) is 2.32. The molecule has 0 atom stereocenters. The zero-order valence-corrected chi connectivity index (χ0v) is 9.56. The van der Waals surface area contributed by atoms with Crippen molar-refractivity contribution in [3.63, 3.8) is 0 Å². The van der Waals surface area contributed by atoms with Gasteiger partial charge in [-0.1, -0.05) is 6.92 Å². The van der Waals surface area contributed by atoms with E-state index in [4.69, 9.17) is 5.11 Å². The molecule has 0 fully saturated rings. The number of aryl methyl sites for hydroxylation is 1. The van der Waals surface area contributed by atoms with Crippen molar-refractivity contribution in [1.82, 2.24) is 19.7 Å². The first-order chi connectivity index (χ1) is 7.31. The van der Waals surface area contributed by atoms with E-state index in [0.29, 0.717) is 6.54 Å². The number of hydrogen-bond acceptors (Lipinski definition) is 4. The van der Waals surface area contributed by atoms with Gasteiger partial charge in [0.05, 0.1) is 13.2 Å². The Morgan fingerprint density at radius 2 is 2.20 bits per heavy atom. The molecule has 15 heavy (non-hydrogen) atoms. The van der Waals surface area contributed by atoms with Crippen LogP contribution in [-0.2, 0) is 13.1 Å². The van der Waals surface area contributed by atoms with Crippen molar-refractivity contribution in [3.05, 3.63) is 12.2 Å². The topological polar surface area (TPSA) is 54.2 Å². The molecule has 0 aliphatic rings. The molecule has 1 N–H and O–H groups in total. The lowest BCUT2D eigenvalue weighted by atomic mass is 10.4. The van der Waals surface area contributed by atoms with E-state index >= 15 is 0 Å². The van der Waals surface area contributed by atoms with E-state index in [2.05, 4.69) is 21.9 Å². The highest BCUT2D eigenvalue weighted by Crippen LogP contribution is 2.01. The molecule has 0 aliphatic heterocycles. The minimum absolute atomic E-state index is 0.195. The predicted molar refractivity (Wildman–Crippen MR) is 58.3 cm³/mol. The van der Waals surface area contributed by atoms with Crippen LogP contribution in [0.5, 0.6) is 0 Å². The lowest BCUT2D eigenvalue weighted by Crippen LogP contribution is -2.28. The molecule has 0 saturated carbocycles. The molecule has 1 aromatic heterocycles. The second kappa shape index (κ2) is 6.53. The maximum absolute atomic E-state index is 8.93. The fourth-order valence-corrected chi connectivity index (χ4v) is 1.60. The first kappa shape index (κ1) is 12.1. The summed E-state index contributed by atoms with van der Waals surface area (Å²) in [7, 11) is 0. The summed E-state index contributed by atoms with van der Waals surface area (Å²) in [4.78, 5) is 6.41. The van der Waals surface area contributed by atoms with Crippen LogP contribution in [0.1, 0.15) is 26.1 Å². The predicted octanol–water partition coefficient (Wildman–Crippen LogP) is 0.502. The molecule has 0 amide bonds. The van der Waals surface area contributed by atoms with Crippen LogP contribution in [0.3, 0.4) is 0 Å². The van der Waals surface area contributed by atoms with Gasteiger partial charge < -0.3 is 5.11 Å². The van der Waals surface area contributed by atoms with Crippen molar-refractivity contribution in [3.8, 4) is 0 Å². The highest BCUT2D eigenvalue weighted by molar-refractivity contribution is 4.84. The van der Waals surface area contributed by atoms with Crippen LogP contribution in [0.15, 0.2) is 6.33 Å². The number of rotatable bonds is 7. The van der Waals surface area contributed by atoms with E-state index < -0.39 is 0 Å². The Morgan fingerprint density at radius 1 is 1.40 bits per heavy atom. The van der Waals surface area contributed by atoms with Crippen LogP contribution < -0.4 is 0 Å². The molecule has 0 spiro atoms. The molecule has 5 heteroatoms. The normalized spacial score (nSPS) is 11.2. The molecular formula is C10H20N4O. The Labute approximate surface area is 90.7 Å². The minimum atomic E-state index is 0.195. The van der Waals surface area contributed by atoms with Crippen molar-refractivity contribution >= 4 is 0 Å². The van der Waals surface area contributed by atoms with Gasteiger partial charge in [-0.15, -0.1) is 0 Å². The molecule has 0 aromatic carbocycles. The minimum Gasteiger partial charge on any atom is -0.395 e. The smallest absolute Gasteiger partial charge is 0.140 e. The lowest BCUT2D eigenvalue weighted by Gasteiger charge is -2.19. The van der Waals surface area contributed by atoms with Crippen molar-refractivity contribution in [2.45, 2.75) is 33.4 Å². The summed E-state index contributed by atoms with van der Waals surface area (Å²) < 4.78 is 1.89. The molecule has 1 heterocycles. The summed E-state index contributed by atoms with van der Waals surface area (Å²) in [6.45, 7) is 7.67. The van der Waals surface area contributed by atoms with Crippen LogP contribution in [0.25, 0.3) is 0 Å². The first-order valence-corrected chi connectivity index (χ1v) is 5.51. The molecule has 1 rings (SSSR count). The Balaban J connectivity index is 2.56. The van der Waals surface area contributed by atoms with Crippen LogP contribution >= 0.6 is 0 Å². The Hall–Kier alpha value is -0.940. The quantitative estimate of drug-likeness (QED) is 0.715. The number of aromatic nitrogens is 3. The second-order valence-corrected chi connectivity index (χ2v) is 3.49. The summed E-state index contributed by atoms with van der Waals surface area (Å²) in [5.41, 5.74) is 0. The lowest BCUT2D eigenvalue weighted by molar-refractivity contribution is 0.185. The number of nitrogens with zero attached hydrogens (tertiary/aromatic N) is 4. The molecule has 0 unspecified atom stereocenters. The van der Waals surface area contributed by atoms with Crippen molar-refractivity contribution in [2.75, 3.05) is 19.7 Å². The largest absolute Gasteiger partial charge is 0.395 e. The van der Waals surface area contributed by atoms with E-state index in [1.165, 1.54) is 0 Å². The average molecular weight is 212 g/mol. The molecular weight excluding hydrogens is 192 g/mol. The van der Waals surface area contributed by atoms with Gasteiger partial charge in [0.25, 0.3) is 0 Å². The Bertz CT molecular complexity index is 268. The van der Waals surface area contributed by atoms with Gasteiger partial charge in [-0.25, -0.2) is 9.67 Å². The van der Waals surface area contributed by atoms with Gasteiger partial charge in [0, 0.05) is 13.1 Å². The standard InChI is InChI=1S/C10H20N4O/c1-3-5-13(6-7-15)8-10-11-9-12-14(10)4-2/h9,15H,3-8H2,1-2H3.